The van der Waals surface area contributed by atoms with Gasteiger partial charge in [-0.2, -0.15) is 0 Å². The minimum Gasteiger partial charge on any atom is -0.468 e. The van der Waals surface area contributed by atoms with E-state index in [4.69, 9.17) is 24.7 Å². The first kappa shape index (κ1) is 35.1. The van der Waals surface area contributed by atoms with E-state index in [-0.39, 0.29) is 67.3 Å². The lowest BCUT2D eigenvalue weighted by molar-refractivity contribution is -0.155. The number of ether oxygens (including phenoxy) is 4. The summed E-state index contributed by atoms with van der Waals surface area (Å²) in [5.41, 5.74) is 5.58. The van der Waals surface area contributed by atoms with Crippen LogP contribution in [-0.2, 0) is 35.1 Å². The van der Waals surface area contributed by atoms with Gasteiger partial charge in [-0.1, -0.05) is 66.9 Å². The molecule has 9 nitrogen and oxygen atoms in total. The van der Waals surface area contributed by atoms with Gasteiger partial charge in [0.2, 0.25) is 0 Å². The number of carbonyl (C=O) groups is 4. The third-order valence-electron chi connectivity index (χ3n) is 7.19. The Balaban J connectivity index is 3.24. The number of benzene rings is 1. The monoisotopic (exact) mass is 563 g/mol. The lowest BCUT2D eigenvalue weighted by Gasteiger charge is -2.29. The van der Waals surface area contributed by atoms with Gasteiger partial charge in [-0.15, -0.1) is 0 Å². The van der Waals surface area contributed by atoms with Gasteiger partial charge in [-0.3, -0.25) is 19.2 Å². The summed E-state index contributed by atoms with van der Waals surface area (Å²) < 4.78 is 21.7. The molecule has 0 saturated heterocycles. The molecular formula is C31H49NO8. The summed E-state index contributed by atoms with van der Waals surface area (Å²) in [6.45, 7) is 13.5. The molecule has 0 aromatic heterocycles. The van der Waals surface area contributed by atoms with E-state index in [1.807, 2.05) is 41.5 Å². The highest BCUT2D eigenvalue weighted by molar-refractivity contribution is 5.81. The van der Waals surface area contributed by atoms with E-state index in [1.165, 1.54) is 13.2 Å². The zero-order valence-corrected chi connectivity index (χ0v) is 25.5. The van der Waals surface area contributed by atoms with Crippen molar-refractivity contribution in [2.24, 2.45) is 23.5 Å². The summed E-state index contributed by atoms with van der Waals surface area (Å²) in [4.78, 5) is 50.2. The SMILES string of the molecule is CCC(C)CC(=O)Oc1ccc(C[C@](N)(CC(C)OC(=O)CC(C)CC)C(=O)OC)cc1OC(=O)CC(C)CC. The van der Waals surface area contributed by atoms with Crippen LogP contribution in [0, 0.1) is 17.8 Å². The molecule has 1 aromatic rings. The number of esters is 4. The second-order valence-electron chi connectivity index (χ2n) is 11.2. The van der Waals surface area contributed by atoms with Gasteiger partial charge in [0.15, 0.2) is 11.5 Å². The number of carbonyl (C=O) groups excluding carboxylic acids is 4. The summed E-state index contributed by atoms with van der Waals surface area (Å²) in [6.07, 6.45) is 2.55. The number of rotatable bonds is 17. The molecule has 0 heterocycles. The molecule has 2 N–H and O–H groups in total. The Morgan fingerprint density at radius 2 is 1.25 bits per heavy atom. The maximum atomic E-state index is 12.8. The third kappa shape index (κ3) is 12.1. The van der Waals surface area contributed by atoms with E-state index >= 15 is 0 Å². The van der Waals surface area contributed by atoms with Gasteiger partial charge in [0.1, 0.15) is 11.6 Å². The second-order valence-corrected chi connectivity index (χ2v) is 11.2. The Hall–Kier alpha value is -2.94. The largest absolute Gasteiger partial charge is 0.468 e. The molecular weight excluding hydrogens is 514 g/mol. The number of hydrogen-bond donors (Lipinski definition) is 1. The maximum Gasteiger partial charge on any atom is 0.326 e. The molecule has 0 aliphatic carbocycles. The Morgan fingerprint density at radius 3 is 1.73 bits per heavy atom. The molecule has 226 valence electrons. The first-order chi connectivity index (χ1) is 18.8. The van der Waals surface area contributed by atoms with E-state index in [1.54, 1.807) is 19.1 Å². The molecule has 1 aromatic carbocycles. The molecule has 0 bridgehead atoms. The number of nitrogens with two attached hydrogens (primary N) is 1. The average molecular weight is 564 g/mol. The molecule has 0 radical (unpaired) electrons. The Bertz CT molecular complexity index is 994. The van der Waals surface area contributed by atoms with Gasteiger partial charge in [0, 0.05) is 32.1 Å². The van der Waals surface area contributed by atoms with Crippen molar-refractivity contribution in [1.29, 1.82) is 0 Å². The van der Waals surface area contributed by atoms with Crippen molar-refractivity contribution in [3.63, 3.8) is 0 Å². The number of methoxy groups -OCH3 is 1. The van der Waals surface area contributed by atoms with E-state index in [0.29, 0.717) is 5.56 Å². The van der Waals surface area contributed by atoms with Crippen LogP contribution in [0.3, 0.4) is 0 Å². The van der Waals surface area contributed by atoms with Crippen molar-refractivity contribution in [1.82, 2.24) is 0 Å². The van der Waals surface area contributed by atoms with Crippen molar-refractivity contribution < 1.29 is 38.1 Å². The third-order valence-corrected chi connectivity index (χ3v) is 7.19. The van der Waals surface area contributed by atoms with Crippen molar-refractivity contribution in [2.75, 3.05) is 7.11 Å². The lowest BCUT2D eigenvalue weighted by atomic mass is 9.86. The van der Waals surface area contributed by atoms with Gasteiger partial charge in [0.25, 0.3) is 0 Å². The van der Waals surface area contributed by atoms with E-state index in [2.05, 4.69) is 0 Å². The van der Waals surface area contributed by atoms with E-state index in [9.17, 15) is 19.2 Å². The zero-order valence-electron chi connectivity index (χ0n) is 25.5. The van der Waals surface area contributed by atoms with Crippen molar-refractivity contribution >= 4 is 23.9 Å². The van der Waals surface area contributed by atoms with Crippen LogP contribution < -0.4 is 15.2 Å². The topological polar surface area (TPSA) is 131 Å². The standard InChI is InChI=1S/C31H49NO8/c1-9-20(4)14-27(33)38-23(7)18-31(32,30(36)37-8)19-24-12-13-25(39-28(34)15-21(5)10-2)26(17-24)40-29(35)16-22(6)11-3/h12-13,17,20-23H,9-11,14-16,18-19,32H2,1-8H3/t20?,21?,22?,23?,31-/m1/s1. The van der Waals surface area contributed by atoms with E-state index in [0.717, 1.165) is 19.3 Å². The Labute approximate surface area is 239 Å². The van der Waals surface area contributed by atoms with Crippen LogP contribution >= 0.6 is 0 Å². The highest BCUT2D eigenvalue weighted by Gasteiger charge is 2.38. The fraction of sp³-hybridized carbons (Fsp3) is 0.677. The van der Waals surface area contributed by atoms with Crippen LogP contribution in [0.15, 0.2) is 18.2 Å². The van der Waals surface area contributed by atoms with Gasteiger partial charge in [-0.25, -0.2) is 0 Å². The van der Waals surface area contributed by atoms with Gasteiger partial charge >= 0.3 is 23.9 Å². The first-order valence-electron chi connectivity index (χ1n) is 14.4. The first-order valence-corrected chi connectivity index (χ1v) is 14.4. The van der Waals surface area contributed by atoms with Crippen LogP contribution in [0.2, 0.25) is 0 Å². The molecule has 0 fully saturated rings. The predicted molar refractivity (Wildman–Crippen MR) is 153 cm³/mol. The average Bonchev–Trinajstić information content (AvgIpc) is 2.88. The van der Waals surface area contributed by atoms with Gasteiger partial charge in [-0.05, 0) is 42.4 Å². The van der Waals surface area contributed by atoms with Crippen molar-refractivity contribution in [2.45, 2.75) is 111 Å². The summed E-state index contributed by atoms with van der Waals surface area (Å²) in [7, 11) is 1.24. The fourth-order valence-corrected chi connectivity index (χ4v) is 4.06. The molecule has 1 rings (SSSR count). The highest BCUT2D eigenvalue weighted by atomic mass is 16.6. The molecule has 5 atom stereocenters. The second kappa shape index (κ2) is 17.0. The summed E-state index contributed by atoms with van der Waals surface area (Å²) in [5.74, 6) is -1.29. The predicted octanol–water partition coefficient (Wildman–Crippen LogP) is 5.54. The van der Waals surface area contributed by atoms with Crippen LogP contribution in [0.25, 0.3) is 0 Å². The van der Waals surface area contributed by atoms with Gasteiger partial charge in [0.05, 0.1) is 7.11 Å². The minimum absolute atomic E-state index is 0.00390. The van der Waals surface area contributed by atoms with Crippen LogP contribution in [0.5, 0.6) is 11.5 Å². The van der Waals surface area contributed by atoms with Crippen molar-refractivity contribution in [3.8, 4) is 11.5 Å². The molecule has 0 aliphatic heterocycles. The maximum absolute atomic E-state index is 12.8. The summed E-state index contributed by atoms with van der Waals surface area (Å²) in [5, 5.41) is 0. The number of hydrogen-bond acceptors (Lipinski definition) is 9. The smallest absolute Gasteiger partial charge is 0.326 e. The highest BCUT2D eigenvalue weighted by Crippen LogP contribution is 2.32. The van der Waals surface area contributed by atoms with Gasteiger partial charge < -0.3 is 24.7 Å². The molecule has 0 amide bonds. The molecule has 4 unspecified atom stereocenters. The summed E-state index contributed by atoms with van der Waals surface area (Å²) in [6, 6.07) is 4.73. The molecule has 0 saturated carbocycles. The molecule has 0 aliphatic rings. The van der Waals surface area contributed by atoms with Crippen LogP contribution in [0.4, 0.5) is 0 Å². The van der Waals surface area contributed by atoms with Crippen molar-refractivity contribution in [3.05, 3.63) is 23.8 Å². The molecule has 0 spiro atoms. The van der Waals surface area contributed by atoms with Crippen LogP contribution in [-0.4, -0.2) is 42.6 Å². The van der Waals surface area contributed by atoms with Crippen LogP contribution in [0.1, 0.15) is 99.0 Å². The fourth-order valence-electron chi connectivity index (χ4n) is 4.06. The molecule has 40 heavy (non-hydrogen) atoms. The molecule has 9 heteroatoms. The minimum atomic E-state index is -1.53. The lowest BCUT2D eigenvalue weighted by Crippen LogP contribution is -2.53. The quantitative estimate of drug-likeness (QED) is 0.192. The van der Waals surface area contributed by atoms with E-state index < -0.39 is 29.6 Å². The normalized spacial score (nSPS) is 15.6. The Kier molecular flexibility index (Phi) is 14.9. The summed E-state index contributed by atoms with van der Waals surface area (Å²) >= 11 is 0. The Morgan fingerprint density at radius 1 is 0.775 bits per heavy atom. The zero-order chi connectivity index (χ0) is 30.5.